The Morgan fingerprint density at radius 2 is 1.31 bits per heavy atom. The molecule has 0 saturated heterocycles. The van der Waals surface area contributed by atoms with Crippen molar-refractivity contribution in [3.8, 4) is 23.3 Å². The number of hydrogen-bond donors (Lipinski definition) is 1. The summed E-state index contributed by atoms with van der Waals surface area (Å²) in [5, 5.41) is 18.6. The zero-order valence-corrected chi connectivity index (χ0v) is 14.9. The van der Waals surface area contributed by atoms with Gasteiger partial charge in [0.25, 0.3) is 0 Å². The molecule has 0 bridgehead atoms. The van der Waals surface area contributed by atoms with Gasteiger partial charge in [0, 0.05) is 5.56 Å². The minimum atomic E-state index is -2.30. The Morgan fingerprint density at radius 3 is 1.83 bits per heavy atom. The van der Waals surface area contributed by atoms with E-state index in [1.807, 2.05) is 6.07 Å². The van der Waals surface area contributed by atoms with E-state index in [1.54, 1.807) is 36.4 Å². The Hall–Kier alpha value is -3.63. The van der Waals surface area contributed by atoms with Gasteiger partial charge in [-0.2, -0.15) is 10.5 Å². The molecule has 1 aromatic heterocycles. The summed E-state index contributed by atoms with van der Waals surface area (Å²) in [5.41, 5.74) is 5.72. The summed E-state index contributed by atoms with van der Waals surface area (Å²) in [6.07, 6.45) is 0. The maximum absolute atomic E-state index is 14.1. The lowest BCUT2D eigenvalue weighted by Crippen LogP contribution is -2.06. The van der Waals surface area contributed by atoms with Gasteiger partial charge in [0.05, 0.1) is 10.5 Å². The average Bonchev–Trinajstić information content (AvgIpc) is 2.74. The smallest absolute Gasteiger partial charge is 0.200 e. The van der Waals surface area contributed by atoms with Crippen LogP contribution in [0.15, 0.2) is 40.3 Å². The Kier molecular flexibility index (Phi) is 5.39. The highest BCUT2D eigenvalue weighted by Gasteiger charge is 2.29. The van der Waals surface area contributed by atoms with Gasteiger partial charge in [-0.15, -0.1) is 0 Å². The van der Waals surface area contributed by atoms with E-state index in [9.17, 15) is 32.5 Å². The third-order valence-electron chi connectivity index (χ3n) is 3.85. The molecule has 0 aliphatic heterocycles. The molecule has 0 fully saturated rings. The number of rotatable bonds is 3. The fraction of sp³-hybridized carbons (Fsp3) is 0. The van der Waals surface area contributed by atoms with Crippen LogP contribution in [-0.4, -0.2) is 4.98 Å². The van der Waals surface area contributed by atoms with Crippen LogP contribution in [-0.2, 0) is 0 Å². The highest BCUT2D eigenvalue weighted by atomic mass is 32.2. The molecule has 3 rings (SSSR count). The SMILES string of the molecule is N#Cc1c(N)nc(Sc2c(F)c(F)c(F)c(F)c2F)c(C#N)c1-c1ccccc1. The second kappa shape index (κ2) is 7.78. The standard InChI is InChI=1S/C19H7F5N4S/c20-12-13(21)15(23)17(16(24)14(12)22)29-19-10(7-26)11(8-4-2-1-3-5-8)9(6-25)18(27)28-19/h1-5H,(H2,27,28). The van der Waals surface area contributed by atoms with E-state index < -0.39 is 39.0 Å². The molecule has 2 N–H and O–H groups in total. The van der Waals surface area contributed by atoms with Crippen LogP contribution in [0.3, 0.4) is 0 Å². The second-order valence-corrected chi connectivity index (χ2v) is 6.52. The average molecular weight is 418 g/mol. The van der Waals surface area contributed by atoms with E-state index >= 15 is 0 Å². The second-order valence-electron chi connectivity index (χ2n) is 5.52. The van der Waals surface area contributed by atoms with E-state index in [1.165, 1.54) is 0 Å². The molecule has 4 nitrogen and oxygen atoms in total. The summed E-state index contributed by atoms with van der Waals surface area (Å²) in [6.45, 7) is 0. The summed E-state index contributed by atoms with van der Waals surface area (Å²) >= 11 is 0.0516. The van der Waals surface area contributed by atoms with Crippen molar-refractivity contribution in [2.45, 2.75) is 9.92 Å². The van der Waals surface area contributed by atoms with Gasteiger partial charge in [-0.25, -0.2) is 26.9 Å². The zero-order chi connectivity index (χ0) is 21.3. The lowest BCUT2D eigenvalue weighted by Gasteiger charge is -2.14. The van der Waals surface area contributed by atoms with Crippen molar-refractivity contribution in [2.24, 2.45) is 0 Å². The van der Waals surface area contributed by atoms with E-state index in [0.29, 0.717) is 5.56 Å². The summed E-state index contributed by atoms with van der Waals surface area (Å²) in [5.74, 6) is -11.1. The number of benzene rings is 2. The lowest BCUT2D eigenvalue weighted by molar-refractivity contribution is 0.361. The maximum atomic E-state index is 14.1. The van der Waals surface area contributed by atoms with Crippen LogP contribution in [0.1, 0.15) is 11.1 Å². The van der Waals surface area contributed by atoms with Gasteiger partial charge in [0.1, 0.15) is 28.5 Å². The molecule has 0 spiro atoms. The van der Waals surface area contributed by atoms with Crippen molar-refractivity contribution in [1.82, 2.24) is 4.98 Å². The van der Waals surface area contributed by atoms with Crippen LogP contribution in [0.4, 0.5) is 27.8 Å². The fourth-order valence-electron chi connectivity index (χ4n) is 2.54. The van der Waals surface area contributed by atoms with Crippen molar-refractivity contribution < 1.29 is 22.0 Å². The Balaban J connectivity index is 2.30. The summed E-state index contributed by atoms with van der Waals surface area (Å²) in [4.78, 5) is 2.54. The molecule has 144 valence electrons. The molecule has 0 aliphatic carbocycles. The van der Waals surface area contributed by atoms with E-state index in [2.05, 4.69) is 4.98 Å². The van der Waals surface area contributed by atoms with E-state index in [4.69, 9.17) is 5.73 Å². The largest absolute Gasteiger partial charge is 0.383 e. The number of anilines is 1. The third-order valence-corrected chi connectivity index (χ3v) is 4.90. The molecule has 0 saturated carbocycles. The van der Waals surface area contributed by atoms with Crippen LogP contribution in [0, 0.1) is 51.7 Å². The first-order valence-electron chi connectivity index (χ1n) is 7.70. The Labute approximate surface area is 165 Å². The molecule has 0 aliphatic rings. The first-order chi connectivity index (χ1) is 13.8. The fourth-order valence-corrected chi connectivity index (χ4v) is 3.48. The predicted molar refractivity (Wildman–Crippen MR) is 93.9 cm³/mol. The molecule has 2 aromatic carbocycles. The molecule has 0 amide bonds. The Bertz CT molecular complexity index is 1190. The monoisotopic (exact) mass is 418 g/mol. The van der Waals surface area contributed by atoms with Gasteiger partial charge in [-0.3, -0.25) is 0 Å². The number of aromatic nitrogens is 1. The highest BCUT2D eigenvalue weighted by Crippen LogP contribution is 2.40. The van der Waals surface area contributed by atoms with Gasteiger partial charge >= 0.3 is 0 Å². The predicted octanol–water partition coefficient (Wildman–Crippen LogP) is 4.92. The van der Waals surface area contributed by atoms with Crippen molar-refractivity contribution in [3.63, 3.8) is 0 Å². The minimum Gasteiger partial charge on any atom is -0.383 e. The van der Waals surface area contributed by atoms with Gasteiger partial charge in [0.2, 0.25) is 5.82 Å². The quantitative estimate of drug-likeness (QED) is 0.371. The van der Waals surface area contributed by atoms with Crippen molar-refractivity contribution in [2.75, 3.05) is 5.73 Å². The third kappa shape index (κ3) is 3.35. The molecule has 0 unspecified atom stereocenters. The zero-order valence-electron chi connectivity index (χ0n) is 14.1. The molecule has 0 radical (unpaired) electrons. The first-order valence-corrected chi connectivity index (χ1v) is 8.51. The normalized spacial score (nSPS) is 10.4. The maximum Gasteiger partial charge on any atom is 0.200 e. The van der Waals surface area contributed by atoms with E-state index in [0.717, 1.165) is 0 Å². The topological polar surface area (TPSA) is 86.5 Å². The van der Waals surface area contributed by atoms with Crippen molar-refractivity contribution >= 4 is 17.6 Å². The molecular weight excluding hydrogens is 411 g/mol. The molecule has 1 heterocycles. The van der Waals surface area contributed by atoms with Crippen LogP contribution in [0.5, 0.6) is 0 Å². The number of nitrogens with zero attached hydrogens (tertiary/aromatic N) is 3. The molecular formula is C19H7F5N4S. The molecule has 0 atom stereocenters. The lowest BCUT2D eigenvalue weighted by atomic mass is 9.97. The van der Waals surface area contributed by atoms with Crippen LogP contribution < -0.4 is 5.73 Å². The van der Waals surface area contributed by atoms with Gasteiger partial charge < -0.3 is 5.73 Å². The molecule has 10 heteroatoms. The number of halogens is 5. The van der Waals surface area contributed by atoms with Crippen LogP contribution in [0.25, 0.3) is 11.1 Å². The van der Waals surface area contributed by atoms with Gasteiger partial charge in [-0.05, 0) is 5.56 Å². The summed E-state index contributed by atoms with van der Waals surface area (Å²) < 4.78 is 68.4. The van der Waals surface area contributed by atoms with E-state index in [-0.39, 0.29) is 34.3 Å². The van der Waals surface area contributed by atoms with Crippen LogP contribution in [0.2, 0.25) is 0 Å². The first kappa shape index (κ1) is 20.1. The van der Waals surface area contributed by atoms with Crippen molar-refractivity contribution in [1.29, 1.82) is 10.5 Å². The van der Waals surface area contributed by atoms with Gasteiger partial charge in [-0.1, -0.05) is 42.1 Å². The molecule has 3 aromatic rings. The number of hydrogen-bond acceptors (Lipinski definition) is 5. The number of nitriles is 2. The minimum absolute atomic E-state index is 0.0365. The van der Waals surface area contributed by atoms with Crippen LogP contribution >= 0.6 is 11.8 Å². The number of pyridine rings is 1. The van der Waals surface area contributed by atoms with Crippen molar-refractivity contribution in [3.05, 3.63) is 70.5 Å². The van der Waals surface area contributed by atoms with Gasteiger partial charge in [0.15, 0.2) is 23.3 Å². The summed E-state index contributed by atoms with van der Waals surface area (Å²) in [6, 6.07) is 11.6. The highest BCUT2D eigenvalue weighted by molar-refractivity contribution is 7.99. The summed E-state index contributed by atoms with van der Waals surface area (Å²) in [7, 11) is 0. The Morgan fingerprint density at radius 1 is 0.793 bits per heavy atom. The number of nitrogen functional groups attached to an aromatic ring is 1. The number of nitrogens with two attached hydrogens (primary N) is 1. The molecule has 29 heavy (non-hydrogen) atoms.